The summed E-state index contributed by atoms with van der Waals surface area (Å²) in [6.07, 6.45) is 0.751. The van der Waals surface area contributed by atoms with Crippen LogP contribution in [0.3, 0.4) is 0 Å². The molecule has 26 heavy (non-hydrogen) atoms. The maximum atomic E-state index is 12.3. The van der Waals surface area contributed by atoms with Crippen molar-refractivity contribution in [3.63, 3.8) is 0 Å². The standard InChI is InChI=1S/C19H21N3O3S/c1-14(2)10-11-21-26(24,25)18-8-6-16(7-9-18)19(23)22-17-5-3-4-15(12-17)13-20/h3-9,12,14,21H,10-11H2,1-2H3,(H,22,23). The zero-order valence-electron chi connectivity index (χ0n) is 14.7. The Morgan fingerprint density at radius 1 is 1.15 bits per heavy atom. The van der Waals surface area contributed by atoms with Crippen LogP contribution in [0.5, 0.6) is 0 Å². The van der Waals surface area contributed by atoms with Gasteiger partial charge in [-0.2, -0.15) is 5.26 Å². The van der Waals surface area contributed by atoms with Gasteiger partial charge in [-0.15, -0.1) is 0 Å². The summed E-state index contributed by atoms with van der Waals surface area (Å²) in [6, 6.07) is 14.3. The predicted octanol–water partition coefficient (Wildman–Crippen LogP) is 3.13. The quantitative estimate of drug-likeness (QED) is 0.781. The number of sulfonamides is 1. The first-order valence-electron chi connectivity index (χ1n) is 8.23. The number of nitrogens with one attached hydrogen (secondary N) is 2. The molecular formula is C19H21N3O3S. The Balaban J connectivity index is 2.06. The van der Waals surface area contributed by atoms with E-state index in [0.717, 1.165) is 6.42 Å². The lowest BCUT2D eigenvalue weighted by molar-refractivity contribution is 0.102. The lowest BCUT2D eigenvalue weighted by Gasteiger charge is -2.09. The summed E-state index contributed by atoms with van der Waals surface area (Å²) in [6.45, 7) is 4.42. The van der Waals surface area contributed by atoms with Crippen molar-refractivity contribution in [3.8, 4) is 6.07 Å². The van der Waals surface area contributed by atoms with E-state index in [1.54, 1.807) is 24.3 Å². The zero-order chi connectivity index (χ0) is 19.2. The number of carbonyl (C=O) groups is 1. The Bertz CT molecular complexity index is 914. The van der Waals surface area contributed by atoms with Crippen LogP contribution in [0.15, 0.2) is 53.4 Å². The molecule has 0 heterocycles. The maximum Gasteiger partial charge on any atom is 0.255 e. The Morgan fingerprint density at radius 2 is 1.85 bits per heavy atom. The molecule has 2 aromatic rings. The summed E-state index contributed by atoms with van der Waals surface area (Å²) >= 11 is 0. The SMILES string of the molecule is CC(C)CCNS(=O)(=O)c1ccc(C(=O)Nc2cccc(C#N)c2)cc1. The monoisotopic (exact) mass is 371 g/mol. The van der Waals surface area contributed by atoms with Gasteiger partial charge in [-0.1, -0.05) is 19.9 Å². The van der Waals surface area contributed by atoms with E-state index in [4.69, 9.17) is 5.26 Å². The third kappa shape index (κ3) is 5.41. The van der Waals surface area contributed by atoms with Crippen LogP contribution < -0.4 is 10.0 Å². The highest BCUT2D eigenvalue weighted by atomic mass is 32.2. The number of amides is 1. The first-order chi connectivity index (χ1) is 12.3. The van der Waals surface area contributed by atoms with Gasteiger partial charge in [0.15, 0.2) is 0 Å². The summed E-state index contributed by atoms with van der Waals surface area (Å²) in [7, 11) is -3.58. The molecule has 7 heteroatoms. The van der Waals surface area contributed by atoms with Crippen molar-refractivity contribution >= 4 is 21.6 Å². The van der Waals surface area contributed by atoms with Gasteiger partial charge in [0, 0.05) is 17.8 Å². The number of anilines is 1. The second kappa shape index (κ2) is 8.61. The van der Waals surface area contributed by atoms with Gasteiger partial charge in [0.25, 0.3) is 5.91 Å². The molecule has 0 aliphatic carbocycles. The van der Waals surface area contributed by atoms with Crippen molar-refractivity contribution in [2.24, 2.45) is 5.92 Å². The van der Waals surface area contributed by atoms with Gasteiger partial charge in [0.05, 0.1) is 16.5 Å². The molecular weight excluding hydrogens is 350 g/mol. The Hall–Kier alpha value is -2.69. The summed E-state index contributed by atoms with van der Waals surface area (Å²) in [5.41, 5.74) is 1.27. The molecule has 6 nitrogen and oxygen atoms in total. The molecule has 2 rings (SSSR count). The molecule has 0 fully saturated rings. The molecule has 0 saturated carbocycles. The van der Waals surface area contributed by atoms with Gasteiger partial charge in [-0.25, -0.2) is 13.1 Å². The van der Waals surface area contributed by atoms with E-state index in [1.165, 1.54) is 24.3 Å². The molecule has 136 valence electrons. The number of nitriles is 1. The van der Waals surface area contributed by atoms with Gasteiger partial charge in [-0.3, -0.25) is 4.79 Å². The Labute approximate surface area is 153 Å². The lowest BCUT2D eigenvalue weighted by atomic mass is 10.1. The highest BCUT2D eigenvalue weighted by Crippen LogP contribution is 2.14. The number of hydrogen-bond donors (Lipinski definition) is 2. The molecule has 2 N–H and O–H groups in total. The zero-order valence-corrected chi connectivity index (χ0v) is 15.5. The fourth-order valence-electron chi connectivity index (χ4n) is 2.22. The number of hydrogen-bond acceptors (Lipinski definition) is 4. The summed E-state index contributed by atoms with van der Waals surface area (Å²) in [4.78, 5) is 12.4. The highest BCUT2D eigenvalue weighted by Gasteiger charge is 2.15. The normalized spacial score (nSPS) is 11.2. The number of carbonyl (C=O) groups excluding carboxylic acids is 1. The second-order valence-electron chi connectivity index (χ2n) is 6.25. The Morgan fingerprint density at radius 3 is 2.46 bits per heavy atom. The third-order valence-corrected chi connectivity index (χ3v) is 5.17. The summed E-state index contributed by atoms with van der Waals surface area (Å²) in [5, 5.41) is 11.6. The predicted molar refractivity (Wildman–Crippen MR) is 100 cm³/mol. The van der Waals surface area contributed by atoms with Crippen LogP contribution in [0, 0.1) is 17.2 Å². The van der Waals surface area contributed by atoms with Crippen molar-refractivity contribution < 1.29 is 13.2 Å². The maximum absolute atomic E-state index is 12.3. The first kappa shape index (κ1) is 19.6. The van der Waals surface area contributed by atoms with Gasteiger partial charge in [0.2, 0.25) is 10.0 Å². The molecule has 0 aromatic heterocycles. The highest BCUT2D eigenvalue weighted by molar-refractivity contribution is 7.89. The van der Waals surface area contributed by atoms with Gasteiger partial charge >= 0.3 is 0 Å². The smallest absolute Gasteiger partial charge is 0.255 e. The summed E-state index contributed by atoms with van der Waals surface area (Å²) in [5.74, 6) is 0.0279. The molecule has 1 amide bonds. The second-order valence-corrected chi connectivity index (χ2v) is 8.02. The van der Waals surface area contributed by atoms with Crippen LogP contribution in [-0.2, 0) is 10.0 Å². The van der Waals surface area contributed by atoms with Crippen LogP contribution in [0.1, 0.15) is 36.2 Å². The number of rotatable bonds is 7. The molecule has 0 radical (unpaired) electrons. The summed E-state index contributed by atoms with van der Waals surface area (Å²) < 4.78 is 27.0. The van der Waals surface area contributed by atoms with E-state index in [-0.39, 0.29) is 10.8 Å². The molecule has 0 spiro atoms. The topological polar surface area (TPSA) is 99.1 Å². The van der Waals surface area contributed by atoms with E-state index in [2.05, 4.69) is 10.0 Å². The fourth-order valence-corrected chi connectivity index (χ4v) is 3.27. The minimum absolute atomic E-state index is 0.115. The van der Waals surface area contributed by atoms with E-state index in [9.17, 15) is 13.2 Å². The van der Waals surface area contributed by atoms with Crippen LogP contribution >= 0.6 is 0 Å². The van der Waals surface area contributed by atoms with Crippen LogP contribution in [-0.4, -0.2) is 20.9 Å². The van der Waals surface area contributed by atoms with E-state index in [0.29, 0.717) is 29.3 Å². The molecule has 0 aliphatic rings. The van der Waals surface area contributed by atoms with Crippen LogP contribution in [0.2, 0.25) is 0 Å². The van der Waals surface area contributed by atoms with Crippen molar-refractivity contribution in [1.29, 1.82) is 5.26 Å². The number of benzene rings is 2. The van der Waals surface area contributed by atoms with Crippen molar-refractivity contribution in [3.05, 3.63) is 59.7 Å². The number of nitrogens with zero attached hydrogens (tertiary/aromatic N) is 1. The molecule has 0 atom stereocenters. The van der Waals surface area contributed by atoms with Crippen molar-refractivity contribution in [2.75, 3.05) is 11.9 Å². The minimum Gasteiger partial charge on any atom is -0.322 e. The van der Waals surface area contributed by atoms with Crippen LogP contribution in [0.25, 0.3) is 0 Å². The lowest BCUT2D eigenvalue weighted by Crippen LogP contribution is -2.25. The minimum atomic E-state index is -3.58. The first-order valence-corrected chi connectivity index (χ1v) is 9.71. The third-order valence-electron chi connectivity index (χ3n) is 3.69. The van der Waals surface area contributed by atoms with Crippen molar-refractivity contribution in [2.45, 2.75) is 25.2 Å². The average molecular weight is 371 g/mol. The van der Waals surface area contributed by atoms with Crippen molar-refractivity contribution in [1.82, 2.24) is 4.72 Å². The van der Waals surface area contributed by atoms with Crippen LogP contribution in [0.4, 0.5) is 5.69 Å². The molecule has 2 aromatic carbocycles. The van der Waals surface area contributed by atoms with Gasteiger partial charge in [0.1, 0.15) is 0 Å². The van der Waals surface area contributed by atoms with E-state index >= 15 is 0 Å². The van der Waals surface area contributed by atoms with E-state index in [1.807, 2.05) is 19.9 Å². The van der Waals surface area contributed by atoms with E-state index < -0.39 is 10.0 Å². The fraction of sp³-hybridized carbons (Fsp3) is 0.263. The average Bonchev–Trinajstić information content (AvgIpc) is 2.61. The molecule has 0 bridgehead atoms. The van der Waals surface area contributed by atoms with Gasteiger partial charge in [-0.05, 0) is 54.8 Å². The molecule has 0 aliphatic heterocycles. The molecule has 0 unspecified atom stereocenters. The Kier molecular flexibility index (Phi) is 6.50. The van der Waals surface area contributed by atoms with Gasteiger partial charge < -0.3 is 5.32 Å². The molecule has 0 saturated heterocycles. The largest absolute Gasteiger partial charge is 0.322 e.